The van der Waals surface area contributed by atoms with Gasteiger partial charge in [0.15, 0.2) is 0 Å². The summed E-state index contributed by atoms with van der Waals surface area (Å²) in [5, 5.41) is 8.90. The smallest absolute Gasteiger partial charge is 0.138 e. The largest absolute Gasteiger partial charge is 0.395 e. The van der Waals surface area contributed by atoms with Crippen molar-refractivity contribution < 1.29 is 9.50 Å². The fourth-order valence-electron chi connectivity index (χ4n) is 0.807. The molecule has 13 heavy (non-hydrogen) atoms. The lowest BCUT2D eigenvalue weighted by atomic mass is 10.2. The first-order valence-electron chi connectivity index (χ1n) is 3.79. The second-order valence-corrected chi connectivity index (χ2v) is 2.84. The van der Waals surface area contributed by atoms with Gasteiger partial charge in [0.2, 0.25) is 0 Å². The maximum Gasteiger partial charge on any atom is 0.138 e. The molecular weight excluding hydrogens is 191 g/mol. The Bertz CT molecular complexity index is 352. The lowest BCUT2D eigenvalue weighted by molar-refractivity contribution is 0.305. The third kappa shape index (κ3) is 3.06. The Morgan fingerprint density at radius 2 is 2.23 bits per heavy atom. The van der Waals surface area contributed by atoms with Crippen LogP contribution in [-0.2, 0) is 0 Å². The molecular formula is C10H8ClFO. The van der Waals surface area contributed by atoms with Crippen LogP contribution in [0.15, 0.2) is 18.2 Å². The zero-order valence-corrected chi connectivity index (χ0v) is 7.61. The van der Waals surface area contributed by atoms with Crippen molar-refractivity contribution in [3.8, 4) is 11.8 Å². The lowest BCUT2D eigenvalue weighted by Crippen LogP contribution is -1.83. The first-order chi connectivity index (χ1) is 6.24. The van der Waals surface area contributed by atoms with Crippen LogP contribution in [0.25, 0.3) is 0 Å². The van der Waals surface area contributed by atoms with E-state index in [0.29, 0.717) is 11.4 Å². The van der Waals surface area contributed by atoms with Crippen LogP contribution in [0.2, 0.25) is 5.02 Å². The van der Waals surface area contributed by atoms with Crippen LogP contribution in [0.1, 0.15) is 12.0 Å². The molecule has 1 aromatic rings. The zero-order valence-electron chi connectivity index (χ0n) is 6.85. The second kappa shape index (κ2) is 4.86. The molecule has 0 heterocycles. The van der Waals surface area contributed by atoms with Gasteiger partial charge in [-0.05, 0) is 18.2 Å². The number of hydrogen-bond acceptors (Lipinski definition) is 1. The number of rotatable bonds is 1. The van der Waals surface area contributed by atoms with E-state index in [2.05, 4.69) is 11.8 Å². The van der Waals surface area contributed by atoms with Gasteiger partial charge < -0.3 is 5.11 Å². The molecule has 0 aliphatic carbocycles. The Kier molecular flexibility index (Phi) is 3.75. The summed E-state index contributed by atoms with van der Waals surface area (Å²) in [4.78, 5) is 0. The first kappa shape index (κ1) is 10.0. The number of aliphatic hydroxyl groups is 1. The molecule has 68 valence electrons. The molecule has 0 aromatic heterocycles. The predicted molar refractivity (Wildman–Crippen MR) is 50.0 cm³/mol. The molecule has 0 saturated heterocycles. The molecule has 1 aromatic carbocycles. The summed E-state index contributed by atoms with van der Waals surface area (Å²) in [7, 11) is 0. The molecule has 0 atom stereocenters. The van der Waals surface area contributed by atoms with Crippen molar-refractivity contribution >= 4 is 11.6 Å². The van der Waals surface area contributed by atoms with E-state index >= 15 is 0 Å². The molecule has 0 amide bonds. The van der Waals surface area contributed by atoms with Crippen LogP contribution >= 0.6 is 11.6 Å². The van der Waals surface area contributed by atoms with Crippen LogP contribution in [0, 0.1) is 17.7 Å². The first-order valence-corrected chi connectivity index (χ1v) is 4.16. The van der Waals surface area contributed by atoms with Gasteiger partial charge in [0, 0.05) is 11.4 Å². The summed E-state index contributed by atoms with van der Waals surface area (Å²) in [5.74, 6) is 4.81. The van der Waals surface area contributed by atoms with Crippen LogP contribution in [0.4, 0.5) is 4.39 Å². The average Bonchev–Trinajstić information content (AvgIpc) is 2.11. The summed E-state index contributed by atoms with van der Waals surface area (Å²) >= 11 is 5.65. The highest BCUT2D eigenvalue weighted by Gasteiger charge is 1.98. The topological polar surface area (TPSA) is 20.2 Å². The molecule has 0 spiro atoms. The van der Waals surface area contributed by atoms with Crippen molar-refractivity contribution in [1.29, 1.82) is 0 Å². The number of aliphatic hydroxyl groups excluding tert-OH is 1. The molecule has 3 heteroatoms. The van der Waals surface area contributed by atoms with Crippen molar-refractivity contribution in [2.24, 2.45) is 0 Å². The van der Waals surface area contributed by atoms with Crippen molar-refractivity contribution in [2.45, 2.75) is 6.42 Å². The third-order valence-corrected chi connectivity index (χ3v) is 1.62. The van der Waals surface area contributed by atoms with E-state index in [1.54, 1.807) is 0 Å². The predicted octanol–water partition coefficient (Wildman–Crippen LogP) is 2.21. The average molecular weight is 199 g/mol. The summed E-state index contributed by atoms with van der Waals surface area (Å²) in [5.41, 5.74) is 0.265. The summed E-state index contributed by atoms with van der Waals surface area (Å²) < 4.78 is 13.0. The maximum absolute atomic E-state index is 13.0. The number of hydrogen-bond donors (Lipinski definition) is 1. The SMILES string of the molecule is OCCC#Cc1cc(Cl)ccc1F. The highest BCUT2D eigenvalue weighted by atomic mass is 35.5. The van der Waals surface area contributed by atoms with E-state index in [1.165, 1.54) is 18.2 Å². The Morgan fingerprint density at radius 1 is 1.46 bits per heavy atom. The molecule has 1 nitrogen and oxygen atoms in total. The molecule has 0 radical (unpaired) electrons. The summed E-state index contributed by atoms with van der Waals surface area (Å²) in [6, 6.07) is 4.20. The Morgan fingerprint density at radius 3 is 2.92 bits per heavy atom. The summed E-state index contributed by atoms with van der Waals surface area (Å²) in [6.45, 7) is -0.0187. The van der Waals surface area contributed by atoms with Gasteiger partial charge in [0.05, 0.1) is 12.2 Å². The van der Waals surface area contributed by atoms with Gasteiger partial charge in [-0.25, -0.2) is 4.39 Å². The minimum atomic E-state index is -0.394. The monoisotopic (exact) mass is 198 g/mol. The Hall–Kier alpha value is -1.04. The van der Waals surface area contributed by atoms with E-state index in [9.17, 15) is 4.39 Å². The van der Waals surface area contributed by atoms with Crippen LogP contribution in [-0.4, -0.2) is 11.7 Å². The van der Waals surface area contributed by atoms with E-state index in [-0.39, 0.29) is 12.2 Å². The lowest BCUT2D eigenvalue weighted by Gasteiger charge is -1.94. The number of halogens is 2. The van der Waals surface area contributed by atoms with Crippen molar-refractivity contribution in [3.63, 3.8) is 0 Å². The number of benzene rings is 1. The van der Waals surface area contributed by atoms with Crippen molar-refractivity contribution in [2.75, 3.05) is 6.61 Å². The minimum absolute atomic E-state index is 0.0187. The van der Waals surface area contributed by atoms with Gasteiger partial charge >= 0.3 is 0 Å². The van der Waals surface area contributed by atoms with Crippen LogP contribution < -0.4 is 0 Å². The Balaban J connectivity index is 2.89. The van der Waals surface area contributed by atoms with Crippen molar-refractivity contribution in [3.05, 3.63) is 34.6 Å². The maximum atomic E-state index is 13.0. The second-order valence-electron chi connectivity index (χ2n) is 2.40. The molecule has 0 bridgehead atoms. The molecule has 0 fully saturated rings. The van der Waals surface area contributed by atoms with E-state index < -0.39 is 5.82 Å². The zero-order chi connectivity index (χ0) is 9.68. The van der Waals surface area contributed by atoms with Crippen LogP contribution in [0.5, 0.6) is 0 Å². The molecule has 0 aliphatic heterocycles. The Labute approximate surface area is 81.2 Å². The minimum Gasteiger partial charge on any atom is -0.395 e. The van der Waals surface area contributed by atoms with Gasteiger partial charge in [-0.2, -0.15) is 0 Å². The quantitative estimate of drug-likeness (QED) is 0.686. The molecule has 0 unspecified atom stereocenters. The highest BCUT2D eigenvalue weighted by Crippen LogP contribution is 2.13. The van der Waals surface area contributed by atoms with Crippen molar-refractivity contribution in [1.82, 2.24) is 0 Å². The highest BCUT2D eigenvalue weighted by molar-refractivity contribution is 6.30. The van der Waals surface area contributed by atoms with E-state index in [4.69, 9.17) is 16.7 Å². The summed E-state index contributed by atoms with van der Waals surface area (Å²) in [6.07, 6.45) is 0.339. The van der Waals surface area contributed by atoms with Crippen LogP contribution in [0.3, 0.4) is 0 Å². The van der Waals surface area contributed by atoms with Gasteiger partial charge in [-0.15, -0.1) is 0 Å². The van der Waals surface area contributed by atoms with Gasteiger partial charge in [0.1, 0.15) is 5.82 Å². The fraction of sp³-hybridized carbons (Fsp3) is 0.200. The molecule has 0 aliphatic rings. The fourth-order valence-corrected chi connectivity index (χ4v) is 0.979. The van der Waals surface area contributed by atoms with Gasteiger partial charge in [-0.3, -0.25) is 0 Å². The van der Waals surface area contributed by atoms with Gasteiger partial charge in [0.25, 0.3) is 0 Å². The standard InChI is InChI=1S/C10H8ClFO/c11-9-4-5-10(12)8(7-9)3-1-2-6-13/h4-5,7,13H,2,6H2. The third-order valence-electron chi connectivity index (χ3n) is 1.39. The molecule has 1 N–H and O–H groups in total. The van der Waals surface area contributed by atoms with E-state index in [0.717, 1.165) is 0 Å². The molecule has 0 saturated carbocycles. The van der Waals surface area contributed by atoms with E-state index in [1.807, 2.05) is 0 Å². The normalized spacial score (nSPS) is 9.15. The molecule has 1 rings (SSSR count). The van der Waals surface area contributed by atoms with Gasteiger partial charge in [-0.1, -0.05) is 23.4 Å².